The number of carbonyl (C=O) groups excluding carboxylic acids is 1. The van der Waals surface area contributed by atoms with Gasteiger partial charge in [0, 0.05) is 11.3 Å². The van der Waals surface area contributed by atoms with Crippen molar-refractivity contribution in [3.63, 3.8) is 0 Å². The Balaban J connectivity index is 1.61. The van der Waals surface area contributed by atoms with E-state index >= 15 is 0 Å². The van der Waals surface area contributed by atoms with Crippen molar-refractivity contribution in [1.29, 1.82) is 0 Å². The molecule has 25 heavy (non-hydrogen) atoms. The molecule has 6 heteroatoms. The van der Waals surface area contributed by atoms with Crippen molar-refractivity contribution >= 4 is 33.1 Å². The van der Waals surface area contributed by atoms with Crippen molar-refractivity contribution in [1.82, 2.24) is 9.97 Å². The van der Waals surface area contributed by atoms with Gasteiger partial charge in [0.05, 0.1) is 15.2 Å². The highest BCUT2D eigenvalue weighted by molar-refractivity contribution is 7.18. The van der Waals surface area contributed by atoms with Crippen LogP contribution in [0, 0.1) is 13.8 Å². The number of thiazole rings is 1. The third-order valence-electron chi connectivity index (χ3n) is 3.79. The molecule has 0 bridgehead atoms. The number of nitrogens with one attached hydrogen (secondary N) is 1. The number of oxazole rings is 1. The fourth-order valence-corrected chi connectivity index (χ4v) is 3.49. The smallest absolute Gasteiger partial charge is 0.277 e. The first-order chi connectivity index (χ1) is 12.1. The normalized spacial score (nSPS) is 11.0. The number of amides is 1. The van der Waals surface area contributed by atoms with Crippen molar-refractivity contribution < 1.29 is 9.21 Å². The molecule has 0 aliphatic carbocycles. The van der Waals surface area contributed by atoms with Crippen LogP contribution in [-0.2, 0) is 0 Å². The summed E-state index contributed by atoms with van der Waals surface area (Å²) in [6.45, 7) is 3.71. The first kappa shape index (κ1) is 15.5. The predicted molar refractivity (Wildman–Crippen MR) is 99.0 cm³/mol. The molecule has 0 aliphatic heterocycles. The predicted octanol–water partition coefficient (Wildman–Crippen LogP) is 4.82. The highest BCUT2D eigenvalue weighted by Gasteiger charge is 2.18. The molecule has 0 spiro atoms. The second kappa shape index (κ2) is 6.14. The third kappa shape index (κ3) is 3.04. The first-order valence-electron chi connectivity index (χ1n) is 7.81. The Kier molecular flexibility index (Phi) is 3.82. The molecule has 0 atom stereocenters. The standard InChI is InChI=1S/C19H15N3O2S/c1-11-17(22-19(24-11)13-6-4-3-5-7-13)18(23)21-14-8-9-15-16(10-14)25-12(2)20-15/h3-10H,1-2H3,(H,21,23). The van der Waals surface area contributed by atoms with Crippen molar-refractivity contribution in [3.05, 3.63) is 65.0 Å². The Labute approximate surface area is 148 Å². The molecule has 5 nitrogen and oxygen atoms in total. The Morgan fingerprint density at radius 1 is 1.08 bits per heavy atom. The Hall–Kier alpha value is -2.99. The molecule has 124 valence electrons. The fraction of sp³-hybridized carbons (Fsp3) is 0.105. The second-order valence-electron chi connectivity index (χ2n) is 5.66. The first-order valence-corrected chi connectivity index (χ1v) is 8.63. The van der Waals surface area contributed by atoms with Crippen LogP contribution in [0.4, 0.5) is 5.69 Å². The highest BCUT2D eigenvalue weighted by Crippen LogP contribution is 2.26. The lowest BCUT2D eigenvalue weighted by atomic mass is 10.2. The number of hydrogen-bond acceptors (Lipinski definition) is 5. The van der Waals surface area contributed by atoms with Crippen LogP contribution in [0.5, 0.6) is 0 Å². The lowest BCUT2D eigenvalue weighted by Gasteiger charge is -2.03. The molecular formula is C19H15N3O2S. The van der Waals surface area contributed by atoms with Gasteiger partial charge < -0.3 is 9.73 Å². The minimum absolute atomic E-state index is 0.288. The van der Waals surface area contributed by atoms with E-state index in [0.717, 1.165) is 20.8 Å². The number of anilines is 1. The molecular weight excluding hydrogens is 334 g/mol. The van der Waals surface area contributed by atoms with Gasteiger partial charge in [-0.15, -0.1) is 11.3 Å². The molecule has 2 aromatic heterocycles. The number of aromatic nitrogens is 2. The topological polar surface area (TPSA) is 68.0 Å². The van der Waals surface area contributed by atoms with E-state index < -0.39 is 0 Å². The minimum Gasteiger partial charge on any atom is -0.441 e. The van der Waals surface area contributed by atoms with E-state index in [1.165, 1.54) is 0 Å². The number of rotatable bonds is 3. The van der Waals surface area contributed by atoms with Crippen LogP contribution in [0.25, 0.3) is 21.7 Å². The maximum atomic E-state index is 12.6. The van der Waals surface area contributed by atoms with Crippen LogP contribution in [0.15, 0.2) is 52.9 Å². The van der Waals surface area contributed by atoms with E-state index in [0.29, 0.717) is 23.0 Å². The summed E-state index contributed by atoms with van der Waals surface area (Å²) < 4.78 is 6.69. The number of carbonyl (C=O) groups is 1. The monoisotopic (exact) mass is 349 g/mol. The van der Waals surface area contributed by atoms with Gasteiger partial charge in [0.25, 0.3) is 5.91 Å². The van der Waals surface area contributed by atoms with Crippen molar-refractivity contribution in [2.45, 2.75) is 13.8 Å². The van der Waals surface area contributed by atoms with Crippen LogP contribution in [0.2, 0.25) is 0 Å². The van der Waals surface area contributed by atoms with Crippen LogP contribution in [0.3, 0.4) is 0 Å². The summed E-state index contributed by atoms with van der Waals surface area (Å²) in [5.74, 6) is 0.645. The summed E-state index contributed by atoms with van der Waals surface area (Å²) in [5.41, 5.74) is 2.78. The van der Waals surface area contributed by atoms with Crippen LogP contribution >= 0.6 is 11.3 Å². The van der Waals surface area contributed by atoms with E-state index in [-0.39, 0.29) is 5.91 Å². The molecule has 0 aliphatic rings. The van der Waals surface area contributed by atoms with Gasteiger partial charge in [-0.3, -0.25) is 4.79 Å². The van der Waals surface area contributed by atoms with E-state index in [1.54, 1.807) is 18.3 Å². The molecule has 2 aromatic carbocycles. The molecule has 0 radical (unpaired) electrons. The maximum absolute atomic E-state index is 12.6. The lowest BCUT2D eigenvalue weighted by molar-refractivity contribution is 0.102. The molecule has 2 heterocycles. The highest BCUT2D eigenvalue weighted by atomic mass is 32.1. The van der Waals surface area contributed by atoms with Gasteiger partial charge in [0.1, 0.15) is 5.76 Å². The van der Waals surface area contributed by atoms with Gasteiger partial charge in [0.15, 0.2) is 5.69 Å². The van der Waals surface area contributed by atoms with Crippen molar-refractivity contribution in [2.75, 3.05) is 5.32 Å². The zero-order valence-electron chi connectivity index (χ0n) is 13.7. The molecule has 0 saturated heterocycles. The summed E-state index contributed by atoms with van der Waals surface area (Å²) in [7, 11) is 0. The summed E-state index contributed by atoms with van der Waals surface area (Å²) in [6.07, 6.45) is 0. The van der Waals surface area contributed by atoms with Crippen molar-refractivity contribution in [2.24, 2.45) is 0 Å². The van der Waals surface area contributed by atoms with Gasteiger partial charge in [-0.2, -0.15) is 0 Å². The zero-order valence-corrected chi connectivity index (χ0v) is 14.6. The lowest BCUT2D eigenvalue weighted by Crippen LogP contribution is -2.13. The van der Waals surface area contributed by atoms with Gasteiger partial charge >= 0.3 is 0 Å². The summed E-state index contributed by atoms with van der Waals surface area (Å²) in [6, 6.07) is 15.2. The molecule has 1 amide bonds. The number of aryl methyl sites for hydroxylation is 2. The molecule has 1 N–H and O–H groups in total. The summed E-state index contributed by atoms with van der Waals surface area (Å²) >= 11 is 1.60. The molecule has 0 fully saturated rings. The number of benzene rings is 2. The maximum Gasteiger partial charge on any atom is 0.277 e. The average Bonchev–Trinajstić information content (AvgIpc) is 3.17. The number of nitrogens with zero attached hydrogens (tertiary/aromatic N) is 2. The van der Waals surface area contributed by atoms with E-state index in [1.807, 2.05) is 55.5 Å². The average molecular weight is 349 g/mol. The third-order valence-corrected chi connectivity index (χ3v) is 4.72. The molecule has 0 unspecified atom stereocenters. The van der Waals surface area contributed by atoms with Gasteiger partial charge in [-0.05, 0) is 44.2 Å². The SMILES string of the molecule is Cc1nc2ccc(NC(=O)c3nc(-c4ccccc4)oc3C)cc2s1. The van der Waals surface area contributed by atoms with Crippen LogP contribution < -0.4 is 5.32 Å². The minimum atomic E-state index is -0.288. The van der Waals surface area contributed by atoms with Crippen molar-refractivity contribution in [3.8, 4) is 11.5 Å². The molecule has 4 aromatic rings. The van der Waals surface area contributed by atoms with Crippen LogP contribution in [-0.4, -0.2) is 15.9 Å². The number of hydrogen-bond donors (Lipinski definition) is 1. The number of fused-ring (bicyclic) bond motifs is 1. The van der Waals surface area contributed by atoms with Gasteiger partial charge in [0.2, 0.25) is 5.89 Å². The summed E-state index contributed by atoms with van der Waals surface area (Å²) in [4.78, 5) is 21.4. The second-order valence-corrected chi connectivity index (χ2v) is 6.89. The zero-order chi connectivity index (χ0) is 17.4. The largest absolute Gasteiger partial charge is 0.441 e. The van der Waals surface area contributed by atoms with Gasteiger partial charge in [-0.25, -0.2) is 9.97 Å². The summed E-state index contributed by atoms with van der Waals surface area (Å²) in [5, 5.41) is 3.88. The Morgan fingerprint density at radius 2 is 1.88 bits per heavy atom. The molecule has 0 saturated carbocycles. The van der Waals surface area contributed by atoms with Gasteiger partial charge in [-0.1, -0.05) is 18.2 Å². The Morgan fingerprint density at radius 3 is 2.68 bits per heavy atom. The fourth-order valence-electron chi connectivity index (χ4n) is 2.62. The Bertz CT molecular complexity index is 1070. The van der Waals surface area contributed by atoms with E-state index in [4.69, 9.17) is 4.42 Å². The quantitative estimate of drug-likeness (QED) is 0.576. The molecule has 4 rings (SSSR count). The van der Waals surface area contributed by atoms with Crippen LogP contribution in [0.1, 0.15) is 21.3 Å². The van der Waals surface area contributed by atoms with E-state index in [9.17, 15) is 4.79 Å². The van der Waals surface area contributed by atoms with E-state index in [2.05, 4.69) is 15.3 Å².